The van der Waals surface area contributed by atoms with Crippen LogP contribution < -0.4 is 14.8 Å². The van der Waals surface area contributed by atoms with E-state index in [9.17, 15) is 4.79 Å². The van der Waals surface area contributed by atoms with Gasteiger partial charge in [0.15, 0.2) is 0 Å². The molecule has 0 saturated heterocycles. The Kier molecular flexibility index (Phi) is 4.78. The molecule has 0 aliphatic carbocycles. The highest BCUT2D eigenvalue weighted by atomic mass is 16.5. The maximum absolute atomic E-state index is 12.7. The number of amides is 1. The van der Waals surface area contributed by atoms with Crippen molar-refractivity contribution in [2.24, 2.45) is 5.92 Å². The Morgan fingerprint density at radius 2 is 2.19 bits per heavy atom. The third kappa shape index (κ3) is 3.65. The summed E-state index contributed by atoms with van der Waals surface area (Å²) in [4.78, 5) is 12.7. The van der Waals surface area contributed by atoms with Gasteiger partial charge in [0.05, 0.1) is 18.7 Å². The molecule has 4 rings (SSSR count). The molecule has 3 aromatic rings. The van der Waals surface area contributed by atoms with Crippen molar-refractivity contribution in [3.05, 3.63) is 72.1 Å². The number of rotatable bonds is 5. The number of carbonyl (C=O) groups excluding carboxylic acids is 1. The summed E-state index contributed by atoms with van der Waals surface area (Å²) in [7, 11) is 1.63. The first-order valence-corrected chi connectivity index (χ1v) is 8.90. The quantitative estimate of drug-likeness (QED) is 0.757. The van der Waals surface area contributed by atoms with Crippen molar-refractivity contribution in [3.8, 4) is 17.2 Å². The summed E-state index contributed by atoms with van der Waals surface area (Å²) in [6.07, 6.45) is 4.26. The summed E-state index contributed by atoms with van der Waals surface area (Å²) in [5.74, 6) is 1.36. The van der Waals surface area contributed by atoms with E-state index in [-0.39, 0.29) is 11.8 Å². The summed E-state index contributed by atoms with van der Waals surface area (Å²) < 4.78 is 12.8. The Labute approximate surface area is 157 Å². The van der Waals surface area contributed by atoms with E-state index in [0.717, 1.165) is 28.3 Å². The van der Waals surface area contributed by atoms with Crippen LogP contribution in [0.15, 0.2) is 60.9 Å². The number of methoxy groups -OCH3 is 1. The number of aromatic nitrogens is 2. The van der Waals surface area contributed by atoms with Crippen molar-refractivity contribution in [1.29, 1.82) is 0 Å². The van der Waals surface area contributed by atoms with Crippen LogP contribution in [-0.2, 0) is 17.8 Å². The number of fused-ring (bicyclic) bond motifs is 1. The maximum Gasteiger partial charge on any atom is 0.227 e. The van der Waals surface area contributed by atoms with E-state index in [1.807, 2.05) is 54.7 Å². The van der Waals surface area contributed by atoms with Crippen molar-refractivity contribution >= 4 is 5.91 Å². The minimum atomic E-state index is -0.221. The topological polar surface area (TPSA) is 65.4 Å². The van der Waals surface area contributed by atoms with Crippen LogP contribution in [-0.4, -0.2) is 29.4 Å². The van der Waals surface area contributed by atoms with Gasteiger partial charge >= 0.3 is 0 Å². The number of nitrogens with one attached hydrogen (secondary N) is 1. The minimum absolute atomic E-state index is 0.0151. The fraction of sp³-hybridized carbons (Fsp3) is 0.238. The second kappa shape index (κ2) is 7.53. The minimum Gasteiger partial charge on any atom is -0.497 e. The number of ether oxygens (including phenoxy) is 2. The van der Waals surface area contributed by atoms with E-state index in [1.54, 1.807) is 18.0 Å². The molecule has 1 N–H and O–H groups in total. The van der Waals surface area contributed by atoms with Gasteiger partial charge < -0.3 is 14.8 Å². The van der Waals surface area contributed by atoms with Crippen LogP contribution >= 0.6 is 0 Å². The normalized spacial score (nSPS) is 15.5. The molecule has 6 heteroatoms. The summed E-state index contributed by atoms with van der Waals surface area (Å²) in [6, 6.07) is 15.5. The zero-order valence-corrected chi connectivity index (χ0v) is 15.1. The van der Waals surface area contributed by atoms with Crippen LogP contribution in [0, 0.1) is 5.92 Å². The zero-order valence-electron chi connectivity index (χ0n) is 15.1. The summed E-state index contributed by atoms with van der Waals surface area (Å²) in [6.45, 7) is 0.822. The van der Waals surface area contributed by atoms with Gasteiger partial charge in [-0.2, -0.15) is 5.10 Å². The second-order valence-corrected chi connectivity index (χ2v) is 6.48. The molecule has 1 atom stereocenters. The average Bonchev–Trinajstić information content (AvgIpc) is 3.26. The Bertz CT molecular complexity index is 938. The molecule has 6 nitrogen and oxygen atoms in total. The van der Waals surface area contributed by atoms with Crippen LogP contribution in [0.1, 0.15) is 11.1 Å². The summed E-state index contributed by atoms with van der Waals surface area (Å²) >= 11 is 0. The fourth-order valence-corrected chi connectivity index (χ4v) is 3.29. The van der Waals surface area contributed by atoms with E-state index in [0.29, 0.717) is 19.6 Å². The Morgan fingerprint density at radius 1 is 1.30 bits per heavy atom. The van der Waals surface area contributed by atoms with Gasteiger partial charge in [-0.25, -0.2) is 4.68 Å². The number of nitrogens with zero attached hydrogens (tertiary/aromatic N) is 2. The molecular weight excluding hydrogens is 342 g/mol. The molecule has 1 amide bonds. The van der Waals surface area contributed by atoms with Crippen LogP contribution in [0.25, 0.3) is 5.69 Å². The van der Waals surface area contributed by atoms with E-state index in [2.05, 4.69) is 10.4 Å². The highest BCUT2D eigenvalue weighted by molar-refractivity contribution is 5.79. The standard InChI is InChI=1S/C21H21N3O3/c1-26-18-7-8-20-16(12-18)11-17(14-27-20)21(25)22-13-15-5-2-3-6-19(15)24-10-4-9-23-24/h2-10,12,17H,11,13-14H2,1H3,(H,22,25)/t17-/m1/s1. The molecule has 0 unspecified atom stereocenters. The van der Waals surface area contributed by atoms with Crippen molar-refractivity contribution in [1.82, 2.24) is 15.1 Å². The number of hydrogen-bond acceptors (Lipinski definition) is 4. The molecule has 0 radical (unpaired) electrons. The monoisotopic (exact) mass is 363 g/mol. The summed E-state index contributed by atoms with van der Waals surface area (Å²) in [5.41, 5.74) is 2.96. The average molecular weight is 363 g/mol. The van der Waals surface area contributed by atoms with Crippen LogP contribution in [0.4, 0.5) is 0 Å². The van der Waals surface area contributed by atoms with Crippen LogP contribution in [0.3, 0.4) is 0 Å². The highest BCUT2D eigenvalue weighted by Gasteiger charge is 2.26. The molecular formula is C21H21N3O3. The maximum atomic E-state index is 12.7. The predicted molar refractivity (Wildman–Crippen MR) is 101 cm³/mol. The first-order valence-electron chi connectivity index (χ1n) is 8.90. The third-order valence-corrected chi connectivity index (χ3v) is 4.74. The third-order valence-electron chi connectivity index (χ3n) is 4.74. The van der Waals surface area contributed by atoms with Gasteiger partial charge in [-0.15, -0.1) is 0 Å². The molecule has 0 saturated carbocycles. The van der Waals surface area contributed by atoms with E-state index in [1.165, 1.54) is 0 Å². The lowest BCUT2D eigenvalue weighted by Crippen LogP contribution is -2.37. The molecule has 2 heterocycles. The van der Waals surface area contributed by atoms with Crippen molar-refractivity contribution in [2.75, 3.05) is 13.7 Å². The lowest BCUT2D eigenvalue weighted by atomic mass is 9.95. The van der Waals surface area contributed by atoms with Crippen molar-refractivity contribution in [3.63, 3.8) is 0 Å². The number of carbonyl (C=O) groups is 1. The first kappa shape index (κ1) is 17.1. The van der Waals surface area contributed by atoms with Gasteiger partial charge in [0, 0.05) is 18.9 Å². The lowest BCUT2D eigenvalue weighted by molar-refractivity contribution is -0.126. The second-order valence-electron chi connectivity index (χ2n) is 6.48. The Morgan fingerprint density at radius 3 is 3.00 bits per heavy atom. The van der Waals surface area contributed by atoms with E-state index < -0.39 is 0 Å². The Hall–Kier alpha value is -3.28. The van der Waals surface area contributed by atoms with Crippen molar-refractivity contribution < 1.29 is 14.3 Å². The van der Waals surface area contributed by atoms with Crippen LogP contribution in [0.2, 0.25) is 0 Å². The molecule has 0 spiro atoms. The van der Waals surface area contributed by atoms with E-state index in [4.69, 9.17) is 9.47 Å². The van der Waals surface area contributed by atoms with E-state index >= 15 is 0 Å². The highest BCUT2D eigenvalue weighted by Crippen LogP contribution is 2.30. The molecule has 138 valence electrons. The van der Waals surface area contributed by atoms with Gasteiger partial charge in [0.1, 0.15) is 18.1 Å². The SMILES string of the molecule is COc1ccc2c(c1)C[C@@H](C(=O)NCc1ccccc1-n1cccn1)CO2. The smallest absolute Gasteiger partial charge is 0.227 e. The van der Waals surface area contributed by atoms with Gasteiger partial charge in [-0.3, -0.25) is 4.79 Å². The van der Waals surface area contributed by atoms with Gasteiger partial charge in [0.2, 0.25) is 5.91 Å². The molecule has 1 aliphatic rings. The molecule has 1 aliphatic heterocycles. The summed E-state index contributed by atoms with van der Waals surface area (Å²) in [5, 5.41) is 7.32. The number of para-hydroxylation sites is 1. The van der Waals surface area contributed by atoms with Crippen LogP contribution in [0.5, 0.6) is 11.5 Å². The fourth-order valence-electron chi connectivity index (χ4n) is 3.29. The lowest BCUT2D eigenvalue weighted by Gasteiger charge is -2.25. The molecule has 2 aromatic carbocycles. The first-order chi connectivity index (χ1) is 13.2. The van der Waals surface area contributed by atoms with Gasteiger partial charge in [-0.05, 0) is 47.9 Å². The molecule has 1 aromatic heterocycles. The van der Waals surface area contributed by atoms with Crippen molar-refractivity contribution in [2.45, 2.75) is 13.0 Å². The number of benzene rings is 2. The predicted octanol–water partition coefficient (Wildman–Crippen LogP) is 2.75. The molecule has 0 fully saturated rings. The molecule has 0 bridgehead atoms. The van der Waals surface area contributed by atoms with Gasteiger partial charge in [-0.1, -0.05) is 18.2 Å². The van der Waals surface area contributed by atoms with Gasteiger partial charge in [0.25, 0.3) is 0 Å². The largest absolute Gasteiger partial charge is 0.497 e. The zero-order chi connectivity index (χ0) is 18.6. The Balaban J connectivity index is 1.43. The molecule has 27 heavy (non-hydrogen) atoms. The number of hydrogen-bond donors (Lipinski definition) is 1.